The van der Waals surface area contributed by atoms with E-state index in [2.05, 4.69) is 35.9 Å². The van der Waals surface area contributed by atoms with Gasteiger partial charge in [0.15, 0.2) is 17.4 Å². The molecular weight excluding hydrogens is 390 g/mol. The molecule has 2 aromatic carbocycles. The van der Waals surface area contributed by atoms with Crippen LogP contribution in [0, 0.1) is 0 Å². The smallest absolute Gasteiger partial charge is 0.198 e. The average Bonchev–Trinajstić information content (AvgIpc) is 3.11. The molecule has 2 N–H and O–H groups in total. The first-order chi connectivity index (χ1) is 15.0. The number of rotatable bonds is 10. The van der Waals surface area contributed by atoms with Gasteiger partial charge in [-0.15, -0.1) is 0 Å². The van der Waals surface area contributed by atoms with E-state index in [1.165, 1.54) is 5.56 Å². The third kappa shape index (κ3) is 5.02. The van der Waals surface area contributed by atoms with E-state index >= 15 is 0 Å². The number of nitrogens with zero attached hydrogens (tertiary/aromatic N) is 2. The minimum Gasteiger partial charge on any atom is -0.494 e. The largest absolute Gasteiger partial charge is 0.494 e. The second-order valence-corrected chi connectivity index (χ2v) is 7.55. The summed E-state index contributed by atoms with van der Waals surface area (Å²) in [5.74, 6) is 1.32. The van der Waals surface area contributed by atoms with Crippen LogP contribution < -0.4 is 9.47 Å². The number of ether oxygens (including phenoxy) is 2. The minimum absolute atomic E-state index is 0.0979. The number of hydrogen-bond donors (Lipinski definition) is 2. The zero-order valence-corrected chi connectivity index (χ0v) is 19.2. The average molecular weight is 424 g/mol. The quantitative estimate of drug-likeness (QED) is 0.413. The number of aliphatic imine (C=N–C) groups is 1. The summed E-state index contributed by atoms with van der Waals surface area (Å²) in [7, 11) is 3.20. The molecule has 0 radical (unpaired) electrons. The van der Waals surface area contributed by atoms with Gasteiger partial charge in [-0.2, -0.15) is 0 Å². The van der Waals surface area contributed by atoms with E-state index < -0.39 is 0 Å². The van der Waals surface area contributed by atoms with Gasteiger partial charge < -0.3 is 19.6 Å². The molecule has 0 aliphatic heterocycles. The first-order valence-electron chi connectivity index (χ1n) is 10.9. The molecule has 0 bridgehead atoms. The molecule has 0 saturated carbocycles. The van der Waals surface area contributed by atoms with Crippen LogP contribution in [0.2, 0.25) is 0 Å². The monoisotopic (exact) mass is 423 g/mol. The van der Waals surface area contributed by atoms with E-state index in [-0.39, 0.29) is 5.88 Å². The Morgan fingerprint density at radius 1 is 1.03 bits per heavy atom. The highest BCUT2D eigenvalue weighted by atomic mass is 16.5. The van der Waals surface area contributed by atoms with Crippen molar-refractivity contribution < 1.29 is 14.6 Å². The summed E-state index contributed by atoms with van der Waals surface area (Å²) in [6.45, 7) is 9.53. The predicted octanol–water partition coefficient (Wildman–Crippen LogP) is 5.65. The maximum absolute atomic E-state index is 10.6. The zero-order valence-electron chi connectivity index (χ0n) is 19.2. The molecule has 0 spiro atoms. The highest BCUT2D eigenvalue weighted by Crippen LogP contribution is 2.37. The lowest BCUT2D eigenvalue weighted by Crippen LogP contribution is -2.23. The Kier molecular flexibility index (Phi) is 7.58. The van der Waals surface area contributed by atoms with Crippen molar-refractivity contribution >= 4 is 22.3 Å². The normalized spacial score (nSPS) is 12.0. The molecule has 3 aromatic rings. The Morgan fingerprint density at radius 2 is 1.71 bits per heavy atom. The molecule has 0 aliphatic rings. The maximum Gasteiger partial charge on any atom is 0.198 e. The van der Waals surface area contributed by atoms with Crippen molar-refractivity contribution in [3.05, 3.63) is 47.5 Å². The van der Waals surface area contributed by atoms with Gasteiger partial charge in [0.05, 0.1) is 36.7 Å². The Labute approximate surface area is 184 Å². The summed E-state index contributed by atoms with van der Waals surface area (Å²) in [5.41, 5.74) is 4.43. The SMILES string of the molecule is CCCN(CC)Cc1ccc(N=C(CC)c2c(O)[nH]c3cc(OC)c(OC)cc23)cc1. The fourth-order valence-electron chi connectivity index (χ4n) is 3.87. The Bertz CT molecular complexity index is 1040. The van der Waals surface area contributed by atoms with E-state index in [9.17, 15) is 5.11 Å². The predicted molar refractivity (Wildman–Crippen MR) is 127 cm³/mol. The van der Waals surface area contributed by atoms with E-state index in [0.717, 1.165) is 48.4 Å². The molecule has 31 heavy (non-hydrogen) atoms. The summed E-state index contributed by atoms with van der Waals surface area (Å²) in [5, 5.41) is 11.5. The number of aromatic nitrogens is 1. The number of fused-ring (bicyclic) bond motifs is 1. The van der Waals surface area contributed by atoms with Crippen LogP contribution in [-0.4, -0.2) is 48.0 Å². The van der Waals surface area contributed by atoms with Crippen molar-refractivity contribution in [1.82, 2.24) is 9.88 Å². The Balaban J connectivity index is 1.94. The standard InChI is InChI=1S/C25H33N3O3/c1-6-13-28(8-3)16-17-9-11-18(12-10-17)26-20(7-2)24-19-14-22(30-4)23(31-5)15-21(19)27-25(24)29/h9-12,14-15,27,29H,6-8,13,16H2,1-5H3. The fourth-order valence-corrected chi connectivity index (χ4v) is 3.87. The summed E-state index contributed by atoms with van der Waals surface area (Å²) in [6, 6.07) is 12.1. The second-order valence-electron chi connectivity index (χ2n) is 7.55. The van der Waals surface area contributed by atoms with Crippen molar-refractivity contribution in [3.8, 4) is 17.4 Å². The Hall–Kier alpha value is -2.99. The zero-order chi connectivity index (χ0) is 22.4. The van der Waals surface area contributed by atoms with Crippen LogP contribution in [-0.2, 0) is 6.54 Å². The summed E-state index contributed by atoms with van der Waals surface area (Å²) in [4.78, 5) is 10.3. The van der Waals surface area contributed by atoms with Crippen LogP contribution >= 0.6 is 0 Å². The van der Waals surface area contributed by atoms with E-state index in [0.29, 0.717) is 23.5 Å². The number of benzene rings is 2. The van der Waals surface area contributed by atoms with Crippen molar-refractivity contribution in [2.75, 3.05) is 27.3 Å². The van der Waals surface area contributed by atoms with Gasteiger partial charge in [0, 0.05) is 18.0 Å². The molecule has 1 heterocycles. The minimum atomic E-state index is 0.0979. The van der Waals surface area contributed by atoms with Gasteiger partial charge in [-0.25, -0.2) is 0 Å². The van der Waals surface area contributed by atoms with Crippen LogP contribution in [0.4, 0.5) is 5.69 Å². The van der Waals surface area contributed by atoms with Crippen molar-refractivity contribution in [2.24, 2.45) is 4.99 Å². The fraction of sp³-hybridized carbons (Fsp3) is 0.400. The van der Waals surface area contributed by atoms with Gasteiger partial charge in [0.1, 0.15) is 0 Å². The molecule has 6 nitrogen and oxygen atoms in total. The van der Waals surface area contributed by atoms with Crippen molar-refractivity contribution in [2.45, 2.75) is 40.2 Å². The molecule has 3 rings (SSSR count). The first kappa shape index (κ1) is 22.7. The highest BCUT2D eigenvalue weighted by molar-refractivity contribution is 6.14. The molecule has 0 atom stereocenters. The lowest BCUT2D eigenvalue weighted by Gasteiger charge is -2.19. The van der Waals surface area contributed by atoms with E-state index in [1.807, 2.05) is 31.2 Å². The van der Waals surface area contributed by atoms with Gasteiger partial charge in [-0.3, -0.25) is 9.89 Å². The van der Waals surface area contributed by atoms with Crippen LogP contribution in [0.5, 0.6) is 17.4 Å². The van der Waals surface area contributed by atoms with Crippen LogP contribution in [0.1, 0.15) is 44.7 Å². The number of nitrogens with one attached hydrogen (secondary N) is 1. The van der Waals surface area contributed by atoms with Crippen molar-refractivity contribution in [1.29, 1.82) is 0 Å². The van der Waals surface area contributed by atoms with Gasteiger partial charge in [-0.1, -0.05) is 32.9 Å². The molecule has 0 aliphatic carbocycles. The molecule has 0 fully saturated rings. The number of aromatic hydroxyl groups is 1. The second kappa shape index (κ2) is 10.4. The lowest BCUT2D eigenvalue weighted by atomic mass is 10.1. The van der Waals surface area contributed by atoms with E-state index in [1.54, 1.807) is 14.2 Å². The van der Waals surface area contributed by atoms with Crippen LogP contribution in [0.3, 0.4) is 0 Å². The topological polar surface area (TPSA) is 70.1 Å². The molecule has 0 saturated heterocycles. The van der Waals surface area contributed by atoms with Crippen LogP contribution in [0.25, 0.3) is 10.9 Å². The molecular formula is C25H33N3O3. The molecule has 0 amide bonds. The third-order valence-electron chi connectivity index (χ3n) is 5.50. The molecule has 166 valence electrons. The maximum atomic E-state index is 10.6. The summed E-state index contributed by atoms with van der Waals surface area (Å²) < 4.78 is 10.8. The Morgan fingerprint density at radius 3 is 2.29 bits per heavy atom. The molecule has 0 unspecified atom stereocenters. The highest BCUT2D eigenvalue weighted by Gasteiger charge is 2.18. The van der Waals surface area contributed by atoms with Crippen LogP contribution in [0.15, 0.2) is 41.4 Å². The van der Waals surface area contributed by atoms with Gasteiger partial charge in [0.25, 0.3) is 0 Å². The molecule has 6 heteroatoms. The number of H-pyrrole nitrogens is 1. The lowest BCUT2D eigenvalue weighted by molar-refractivity contribution is 0.280. The van der Waals surface area contributed by atoms with Gasteiger partial charge in [-0.05, 0) is 49.7 Å². The number of aromatic amines is 1. The summed E-state index contributed by atoms with van der Waals surface area (Å²) in [6.07, 6.45) is 1.83. The first-order valence-corrected chi connectivity index (χ1v) is 10.9. The van der Waals surface area contributed by atoms with Gasteiger partial charge in [0.2, 0.25) is 0 Å². The number of methoxy groups -OCH3 is 2. The van der Waals surface area contributed by atoms with E-state index in [4.69, 9.17) is 14.5 Å². The third-order valence-corrected chi connectivity index (χ3v) is 5.50. The van der Waals surface area contributed by atoms with Gasteiger partial charge >= 0.3 is 0 Å². The van der Waals surface area contributed by atoms with Crippen molar-refractivity contribution in [3.63, 3.8) is 0 Å². The number of hydrogen-bond acceptors (Lipinski definition) is 5. The molecule has 1 aromatic heterocycles. The summed E-state index contributed by atoms with van der Waals surface area (Å²) >= 11 is 0.